The molecule has 4 heterocycles. The molecule has 164 valence electrons. The van der Waals surface area contributed by atoms with E-state index in [-0.39, 0.29) is 0 Å². The molecule has 0 aromatic carbocycles. The molecule has 0 atom stereocenters. The lowest BCUT2D eigenvalue weighted by atomic mass is 10.3. The second kappa shape index (κ2) is 9.57. The molecule has 0 aliphatic heterocycles. The zero-order valence-electron chi connectivity index (χ0n) is 18.7. The molecule has 0 saturated heterocycles. The fourth-order valence-electron chi connectivity index (χ4n) is 3.60. The van der Waals surface area contributed by atoms with Crippen LogP contribution in [0.15, 0.2) is 30.9 Å². The number of fused-ring (bicyclic) bond motifs is 1. The van der Waals surface area contributed by atoms with Gasteiger partial charge in [0.15, 0.2) is 11.5 Å². The maximum absolute atomic E-state index is 4.71. The smallest absolute Gasteiger partial charge is 0.180 e. The molecule has 31 heavy (non-hydrogen) atoms. The lowest BCUT2D eigenvalue weighted by Crippen LogP contribution is -2.24. The predicted octanol–water partition coefficient (Wildman–Crippen LogP) is 4.74. The van der Waals surface area contributed by atoms with Gasteiger partial charge >= 0.3 is 0 Å². The summed E-state index contributed by atoms with van der Waals surface area (Å²) in [7, 11) is 0. The topological polar surface area (TPSA) is 76.2 Å². The van der Waals surface area contributed by atoms with Gasteiger partial charge in [-0.15, -0.1) is 0 Å². The molecule has 0 radical (unpaired) electrons. The van der Waals surface area contributed by atoms with E-state index in [9.17, 15) is 0 Å². The van der Waals surface area contributed by atoms with Crippen molar-refractivity contribution in [2.24, 2.45) is 0 Å². The van der Waals surface area contributed by atoms with Crippen molar-refractivity contribution < 1.29 is 0 Å². The van der Waals surface area contributed by atoms with Crippen LogP contribution < -0.4 is 5.32 Å². The van der Waals surface area contributed by atoms with Crippen molar-refractivity contribution in [3.8, 4) is 11.3 Å². The minimum atomic E-state index is 0.739. The number of nitrogens with one attached hydrogen (secondary N) is 1. The van der Waals surface area contributed by atoms with Gasteiger partial charge in [-0.2, -0.15) is 9.47 Å². The van der Waals surface area contributed by atoms with Gasteiger partial charge in [0.25, 0.3) is 0 Å². The van der Waals surface area contributed by atoms with Gasteiger partial charge in [-0.1, -0.05) is 20.3 Å². The number of nitrogens with zero attached hydrogens (tertiary/aromatic N) is 7. The third kappa shape index (κ3) is 4.77. The first-order chi connectivity index (χ1) is 15.1. The highest BCUT2D eigenvalue weighted by atomic mass is 32.1. The van der Waals surface area contributed by atoms with E-state index < -0.39 is 0 Å². The van der Waals surface area contributed by atoms with Gasteiger partial charge in [-0.05, 0) is 51.0 Å². The highest BCUT2D eigenvalue weighted by molar-refractivity contribution is 7.10. The summed E-state index contributed by atoms with van der Waals surface area (Å²) in [6.07, 6.45) is 10.2. The van der Waals surface area contributed by atoms with E-state index in [0.29, 0.717) is 0 Å². The summed E-state index contributed by atoms with van der Waals surface area (Å²) in [5, 5.41) is 8.82. The Hall–Kier alpha value is -2.78. The summed E-state index contributed by atoms with van der Waals surface area (Å²) in [6, 6.07) is 2.12. The highest BCUT2D eigenvalue weighted by Gasteiger charge is 2.15. The maximum atomic E-state index is 4.71. The normalized spacial score (nSPS) is 11.6. The van der Waals surface area contributed by atoms with E-state index in [4.69, 9.17) is 4.98 Å². The molecule has 9 heteroatoms. The van der Waals surface area contributed by atoms with Gasteiger partial charge in [-0.3, -0.25) is 14.0 Å². The molecule has 4 rings (SSSR count). The number of aromatic nitrogens is 6. The SMILES string of the molecule is CCCCN(CC)Cc1cc(Nc2nc(C)cn3c(-c4cnn(CC)c4)cnc23)sn1. The first-order valence-corrected chi connectivity index (χ1v) is 11.7. The van der Waals surface area contributed by atoms with Crippen LogP contribution in [-0.4, -0.2) is 46.5 Å². The first kappa shape index (κ1) is 21.5. The number of hydrogen-bond acceptors (Lipinski definition) is 7. The summed E-state index contributed by atoms with van der Waals surface area (Å²) in [5.74, 6) is 0.739. The molecule has 0 fully saturated rings. The molecule has 1 N–H and O–H groups in total. The Labute approximate surface area is 187 Å². The molecule has 0 spiro atoms. The Morgan fingerprint density at radius 3 is 2.77 bits per heavy atom. The number of imidazole rings is 1. The molecular weight excluding hydrogens is 408 g/mol. The molecule has 4 aromatic rings. The van der Waals surface area contributed by atoms with Gasteiger partial charge in [0.2, 0.25) is 0 Å². The van der Waals surface area contributed by atoms with E-state index >= 15 is 0 Å². The minimum Gasteiger partial charge on any atom is -0.328 e. The second-order valence-corrected chi connectivity index (χ2v) is 8.49. The average molecular weight is 439 g/mol. The van der Waals surface area contributed by atoms with Crippen molar-refractivity contribution in [3.05, 3.63) is 42.2 Å². The zero-order chi connectivity index (χ0) is 21.8. The van der Waals surface area contributed by atoms with E-state index in [1.54, 1.807) is 0 Å². The van der Waals surface area contributed by atoms with E-state index in [1.165, 1.54) is 24.4 Å². The van der Waals surface area contributed by atoms with Crippen LogP contribution in [0.25, 0.3) is 16.9 Å². The van der Waals surface area contributed by atoms with Gasteiger partial charge in [0, 0.05) is 31.0 Å². The third-order valence-electron chi connectivity index (χ3n) is 5.33. The first-order valence-electron chi connectivity index (χ1n) is 10.9. The molecule has 0 saturated carbocycles. The molecule has 0 unspecified atom stereocenters. The van der Waals surface area contributed by atoms with Crippen molar-refractivity contribution in [1.29, 1.82) is 0 Å². The Kier molecular flexibility index (Phi) is 6.62. The van der Waals surface area contributed by atoms with Gasteiger partial charge in [0.1, 0.15) is 5.00 Å². The molecule has 0 aliphatic rings. The monoisotopic (exact) mass is 438 g/mol. The van der Waals surface area contributed by atoms with Crippen molar-refractivity contribution >= 4 is 28.0 Å². The van der Waals surface area contributed by atoms with Crippen molar-refractivity contribution in [2.75, 3.05) is 18.4 Å². The summed E-state index contributed by atoms with van der Waals surface area (Å²) in [4.78, 5) is 11.8. The number of aryl methyl sites for hydroxylation is 2. The van der Waals surface area contributed by atoms with Crippen LogP contribution in [-0.2, 0) is 13.1 Å². The van der Waals surface area contributed by atoms with Crippen LogP contribution in [0.2, 0.25) is 0 Å². The molecule has 4 aromatic heterocycles. The molecule has 0 amide bonds. The Morgan fingerprint density at radius 2 is 2.03 bits per heavy atom. The van der Waals surface area contributed by atoms with Crippen LogP contribution in [0, 0.1) is 6.92 Å². The Balaban J connectivity index is 1.57. The van der Waals surface area contributed by atoms with Crippen LogP contribution >= 0.6 is 11.5 Å². The highest BCUT2D eigenvalue weighted by Crippen LogP contribution is 2.28. The summed E-state index contributed by atoms with van der Waals surface area (Å²) in [5.41, 5.74) is 4.84. The summed E-state index contributed by atoms with van der Waals surface area (Å²) in [6.45, 7) is 12.4. The van der Waals surface area contributed by atoms with Crippen molar-refractivity contribution in [1.82, 2.24) is 33.4 Å². The van der Waals surface area contributed by atoms with Gasteiger partial charge < -0.3 is 5.32 Å². The lowest BCUT2D eigenvalue weighted by Gasteiger charge is -2.18. The van der Waals surface area contributed by atoms with Gasteiger partial charge in [-0.25, -0.2) is 9.97 Å². The van der Waals surface area contributed by atoms with E-state index in [0.717, 1.165) is 65.3 Å². The third-order valence-corrected chi connectivity index (χ3v) is 6.07. The molecule has 0 aliphatic carbocycles. The quantitative estimate of drug-likeness (QED) is 0.385. The second-order valence-electron chi connectivity index (χ2n) is 7.68. The van der Waals surface area contributed by atoms with Crippen LogP contribution in [0.1, 0.15) is 45.0 Å². The van der Waals surface area contributed by atoms with Gasteiger partial charge in [0.05, 0.1) is 29.5 Å². The Morgan fingerprint density at radius 1 is 1.16 bits per heavy atom. The number of hydrogen-bond donors (Lipinski definition) is 1. The van der Waals surface area contributed by atoms with E-state index in [1.807, 2.05) is 36.4 Å². The van der Waals surface area contributed by atoms with Crippen molar-refractivity contribution in [2.45, 2.75) is 53.6 Å². The molecular formula is C22H30N8S. The lowest BCUT2D eigenvalue weighted by molar-refractivity contribution is 0.273. The fourth-order valence-corrected chi connectivity index (χ4v) is 4.25. The van der Waals surface area contributed by atoms with E-state index in [2.05, 4.69) is 55.9 Å². The summed E-state index contributed by atoms with van der Waals surface area (Å²) < 4.78 is 8.64. The molecule has 0 bridgehead atoms. The summed E-state index contributed by atoms with van der Waals surface area (Å²) >= 11 is 1.47. The molecule has 8 nitrogen and oxygen atoms in total. The number of unbranched alkanes of at least 4 members (excludes halogenated alkanes) is 1. The zero-order valence-corrected chi connectivity index (χ0v) is 19.5. The maximum Gasteiger partial charge on any atom is 0.180 e. The Bertz CT molecular complexity index is 1140. The van der Waals surface area contributed by atoms with Crippen LogP contribution in [0.4, 0.5) is 10.8 Å². The number of anilines is 2. The largest absolute Gasteiger partial charge is 0.328 e. The average Bonchev–Trinajstić information content (AvgIpc) is 3.50. The predicted molar refractivity (Wildman–Crippen MR) is 126 cm³/mol. The minimum absolute atomic E-state index is 0.739. The van der Waals surface area contributed by atoms with Crippen LogP contribution in [0.5, 0.6) is 0 Å². The van der Waals surface area contributed by atoms with Crippen LogP contribution in [0.3, 0.4) is 0 Å². The fraction of sp³-hybridized carbons (Fsp3) is 0.455. The van der Waals surface area contributed by atoms with Crippen molar-refractivity contribution in [3.63, 3.8) is 0 Å². The number of rotatable bonds is 10. The standard InChI is InChI=1S/C22H30N8S/c1-5-8-9-28(6-2)15-18-10-20(31-27-18)26-21-22-23-12-19(30(22)13-16(4)25-21)17-11-24-29(7-3)14-17/h10-14H,5-9,15H2,1-4H3,(H,25,26).